The Morgan fingerprint density at radius 3 is 2.75 bits per heavy atom. The quantitative estimate of drug-likeness (QED) is 0.863. The van der Waals surface area contributed by atoms with Gasteiger partial charge in [-0.05, 0) is 25.5 Å². The minimum absolute atomic E-state index is 0.445. The number of para-hydroxylation sites is 1. The number of nitriles is 1. The van der Waals surface area contributed by atoms with Crippen molar-refractivity contribution in [2.24, 2.45) is 0 Å². The summed E-state index contributed by atoms with van der Waals surface area (Å²) in [6.45, 7) is 3.92. The van der Waals surface area contributed by atoms with Crippen molar-refractivity contribution in [1.29, 1.82) is 5.26 Å². The summed E-state index contributed by atoms with van der Waals surface area (Å²) in [7, 11) is 0. The van der Waals surface area contributed by atoms with Gasteiger partial charge in [0.2, 0.25) is 0 Å². The Hall–Kier alpha value is -2.12. The summed E-state index contributed by atoms with van der Waals surface area (Å²) in [5.74, 6) is 1.36. The maximum atomic E-state index is 9.11. The number of nitrogens with zero attached hydrogens (tertiary/aromatic N) is 3. The second-order valence-electron chi connectivity index (χ2n) is 4.44. The van der Waals surface area contributed by atoms with Crippen LogP contribution in [-0.2, 0) is 6.42 Å². The molecule has 1 heterocycles. The molecule has 0 aliphatic carbocycles. The number of anilines is 2. The summed E-state index contributed by atoms with van der Waals surface area (Å²) in [4.78, 5) is 8.73. The van der Waals surface area contributed by atoms with Gasteiger partial charge in [0, 0.05) is 12.0 Å². The minimum Gasteiger partial charge on any atom is -0.339 e. The Labute approximate surface area is 123 Å². The Bertz CT molecular complexity index is 661. The minimum atomic E-state index is 0.445. The monoisotopic (exact) mass is 286 g/mol. The molecule has 4 nitrogen and oxygen atoms in total. The van der Waals surface area contributed by atoms with Crippen LogP contribution in [0.5, 0.6) is 0 Å². The number of nitrogens with one attached hydrogen (secondary N) is 1. The van der Waals surface area contributed by atoms with Gasteiger partial charge in [-0.15, -0.1) is 0 Å². The van der Waals surface area contributed by atoms with E-state index in [9.17, 15) is 0 Å². The van der Waals surface area contributed by atoms with Crippen molar-refractivity contribution in [1.82, 2.24) is 9.97 Å². The van der Waals surface area contributed by atoms with Gasteiger partial charge in [-0.3, -0.25) is 0 Å². The van der Waals surface area contributed by atoms with Gasteiger partial charge in [-0.2, -0.15) is 5.26 Å². The van der Waals surface area contributed by atoms with Crippen molar-refractivity contribution >= 4 is 23.1 Å². The Morgan fingerprint density at radius 2 is 2.05 bits per heavy atom. The van der Waals surface area contributed by atoms with Crippen molar-refractivity contribution in [3.63, 3.8) is 0 Å². The fourth-order valence-corrected chi connectivity index (χ4v) is 1.99. The molecule has 0 bridgehead atoms. The zero-order valence-corrected chi connectivity index (χ0v) is 12.2. The summed E-state index contributed by atoms with van der Waals surface area (Å²) in [6, 6.07) is 9.44. The highest BCUT2D eigenvalue weighted by molar-refractivity contribution is 6.30. The fraction of sp³-hybridized carbons (Fsp3) is 0.267. The van der Waals surface area contributed by atoms with Crippen LogP contribution in [0.2, 0.25) is 5.15 Å². The molecule has 0 fully saturated rings. The number of aromatic nitrogens is 2. The van der Waals surface area contributed by atoms with Crippen molar-refractivity contribution in [2.45, 2.75) is 26.7 Å². The molecule has 0 saturated carbocycles. The van der Waals surface area contributed by atoms with Crippen LogP contribution in [0, 0.1) is 18.3 Å². The number of hydrogen-bond acceptors (Lipinski definition) is 4. The van der Waals surface area contributed by atoms with Crippen LogP contribution in [0.1, 0.15) is 30.3 Å². The van der Waals surface area contributed by atoms with Gasteiger partial charge in [0.05, 0.1) is 11.3 Å². The molecule has 0 unspecified atom stereocenters. The van der Waals surface area contributed by atoms with E-state index in [1.165, 1.54) is 0 Å². The molecule has 0 atom stereocenters. The molecule has 5 heteroatoms. The Balaban J connectivity index is 2.40. The molecule has 0 spiro atoms. The molecular weight excluding hydrogens is 272 g/mol. The van der Waals surface area contributed by atoms with E-state index in [0.717, 1.165) is 24.1 Å². The van der Waals surface area contributed by atoms with Gasteiger partial charge >= 0.3 is 0 Å². The van der Waals surface area contributed by atoms with Gasteiger partial charge in [0.1, 0.15) is 22.9 Å². The van der Waals surface area contributed by atoms with E-state index in [1.54, 1.807) is 6.07 Å². The number of rotatable bonds is 4. The summed E-state index contributed by atoms with van der Waals surface area (Å²) in [6.07, 6.45) is 1.72. The molecule has 0 radical (unpaired) electrons. The normalized spacial score (nSPS) is 10.1. The van der Waals surface area contributed by atoms with E-state index in [2.05, 4.69) is 28.3 Å². The average Bonchev–Trinajstić information content (AvgIpc) is 2.45. The highest BCUT2D eigenvalue weighted by Crippen LogP contribution is 2.25. The molecular formula is C15H15ClN4. The molecule has 2 aromatic rings. The smallest absolute Gasteiger partial charge is 0.138 e. The topological polar surface area (TPSA) is 61.6 Å². The summed E-state index contributed by atoms with van der Waals surface area (Å²) >= 11 is 6.14. The van der Waals surface area contributed by atoms with E-state index < -0.39 is 0 Å². The zero-order valence-electron chi connectivity index (χ0n) is 11.4. The average molecular weight is 287 g/mol. The first-order valence-electron chi connectivity index (χ1n) is 6.45. The van der Waals surface area contributed by atoms with E-state index >= 15 is 0 Å². The molecule has 0 aliphatic rings. The lowest BCUT2D eigenvalue weighted by Crippen LogP contribution is -2.04. The summed E-state index contributed by atoms with van der Waals surface area (Å²) in [5, 5.41) is 12.7. The molecule has 0 amide bonds. The van der Waals surface area contributed by atoms with Crippen molar-refractivity contribution in [3.8, 4) is 6.07 Å². The number of hydrogen-bond donors (Lipinski definition) is 1. The van der Waals surface area contributed by atoms with Crippen LogP contribution in [0.15, 0.2) is 24.3 Å². The molecule has 0 aliphatic heterocycles. The lowest BCUT2D eigenvalue weighted by molar-refractivity contribution is 0.833. The van der Waals surface area contributed by atoms with Crippen LogP contribution in [0.25, 0.3) is 0 Å². The van der Waals surface area contributed by atoms with E-state index in [0.29, 0.717) is 22.4 Å². The third kappa shape index (κ3) is 3.06. The lowest BCUT2D eigenvalue weighted by atomic mass is 10.2. The predicted molar refractivity (Wildman–Crippen MR) is 80.2 cm³/mol. The Kier molecular flexibility index (Phi) is 4.54. The van der Waals surface area contributed by atoms with Crippen LogP contribution >= 0.6 is 11.6 Å². The molecule has 2 rings (SSSR count). The van der Waals surface area contributed by atoms with Crippen LogP contribution < -0.4 is 5.32 Å². The summed E-state index contributed by atoms with van der Waals surface area (Å²) < 4.78 is 0. The molecule has 102 valence electrons. The Morgan fingerprint density at radius 1 is 1.30 bits per heavy atom. The third-order valence-corrected chi connectivity index (χ3v) is 3.27. The van der Waals surface area contributed by atoms with E-state index in [4.69, 9.17) is 16.9 Å². The SMILES string of the molecule is CCCc1nc(Cl)c(C)c(Nc2ccccc2C#N)n1. The maximum absolute atomic E-state index is 9.11. The number of benzene rings is 1. The zero-order chi connectivity index (χ0) is 14.5. The lowest BCUT2D eigenvalue weighted by Gasteiger charge is -2.12. The molecule has 20 heavy (non-hydrogen) atoms. The molecule has 1 aromatic heterocycles. The highest BCUT2D eigenvalue weighted by atomic mass is 35.5. The van der Waals surface area contributed by atoms with Gasteiger partial charge in [0.15, 0.2) is 0 Å². The van der Waals surface area contributed by atoms with Gasteiger partial charge in [-0.1, -0.05) is 30.7 Å². The first-order chi connectivity index (χ1) is 9.65. The van der Waals surface area contributed by atoms with Crippen LogP contribution in [0.3, 0.4) is 0 Å². The second kappa shape index (κ2) is 6.36. The van der Waals surface area contributed by atoms with Crippen LogP contribution in [0.4, 0.5) is 11.5 Å². The fourth-order valence-electron chi connectivity index (χ4n) is 1.81. The number of aryl methyl sites for hydroxylation is 1. The largest absolute Gasteiger partial charge is 0.339 e. The standard InChI is InChI=1S/C15H15ClN4/c1-3-6-13-19-14(16)10(2)15(20-13)18-12-8-5-4-7-11(12)9-17/h4-5,7-8H,3,6H2,1-2H3,(H,18,19,20). The first kappa shape index (κ1) is 14.3. The number of halogens is 1. The summed E-state index contributed by atoms with van der Waals surface area (Å²) in [5.41, 5.74) is 2.06. The van der Waals surface area contributed by atoms with Crippen molar-refractivity contribution < 1.29 is 0 Å². The molecule has 0 saturated heterocycles. The van der Waals surface area contributed by atoms with Gasteiger partial charge in [-0.25, -0.2) is 9.97 Å². The van der Waals surface area contributed by atoms with Crippen molar-refractivity contribution in [2.75, 3.05) is 5.32 Å². The van der Waals surface area contributed by atoms with Gasteiger partial charge < -0.3 is 5.32 Å². The van der Waals surface area contributed by atoms with Crippen molar-refractivity contribution in [3.05, 3.63) is 46.4 Å². The van der Waals surface area contributed by atoms with Gasteiger partial charge in [0.25, 0.3) is 0 Å². The highest BCUT2D eigenvalue weighted by Gasteiger charge is 2.10. The van der Waals surface area contributed by atoms with E-state index in [1.807, 2.05) is 25.1 Å². The maximum Gasteiger partial charge on any atom is 0.138 e. The molecule has 1 N–H and O–H groups in total. The molecule has 1 aromatic carbocycles. The first-order valence-corrected chi connectivity index (χ1v) is 6.82. The third-order valence-electron chi connectivity index (χ3n) is 2.91. The van der Waals surface area contributed by atoms with Crippen LogP contribution in [-0.4, -0.2) is 9.97 Å². The predicted octanol–water partition coefficient (Wildman–Crippen LogP) is 4.01. The second-order valence-corrected chi connectivity index (χ2v) is 4.79. The van der Waals surface area contributed by atoms with E-state index in [-0.39, 0.29) is 0 Å².